The highest BCUT2D eigenvalue weighted by Crippen LogP contribution is 2.33. The van der Waals surface area contributed by atoms with Crippen molar-refractivity contribution >= 4 is 0 Å². The van der Waals surface area contributed by atoms with Crippen LogP contribution >= 0.6 is 0 Å². The van der Waals surface area contributed by atoms with E-state index in [-0.39, 0.29) is 18.3 Å². The van der Waals surface area contributed by atoms with Crippen LogP contribution in [-0.2, 0) is 9.47 Å². The lowest BCUT2D eigenvalue weighted by Crippen LogP contribution is -2.24. The largest absolute Gasteiger partial charge is 0.389 e. The van der Waals surface area contributed by atoms with Crippen LogP contribution < -0.4 is 0 Å². The molecule has 12 heavy (non-hydrogen) atoms. The molecule has 1 aliphatic rings. The predicted molar refractivity (Wildman–Crippen MR) is 45.7 cm³/mol. The third-order valence-corrected chi connectivity index (χ3v) is 2.45. The third kappa shape index (κ3) is 1.68. The summed E-state index contributed by atoms with van der Waals surface area (Å²) in [5.41, 5.74) is 0.837. The standard InChI is InChI=1S/C9H16O3/c1-6-7(4-5-8(6)10)9(11-2)12-3/h7-10H,1,4-5H2,2-3H3. The van der Waals surface area contributed by atoms with E-state index < -0.39 is 0 Å². The average Bonchev–Trinajstić information content (AvgIpc) is 2.38. The molecule has 70 valence electrons. The maximum absolute atomic E-state index is 9.40. The van der Waals surface area contributed by atoms with Crippen LogP contribution in [0.5, 0.6) is 0 Å². The van der Waals surface area contributed by atoms with Crippen molar-refractivity contribution in [2.75, 3.05) is 14.2 Å². The molecule has 1 rings (SSSR count). The zero-order valence-electron chi connectivity index (χ0n) is 7.62. The molecule has 1 saturated carbocycles. The van der Waals surface area contributed by atoms with Crippen LogP contribution in [0.25, 0.3) is 0 Å². The van der Waals surface area contributed by atoms with Crippen LogP contribution in [0.15, 0.2) is 12.2 Å². The molecule has 3 nitrogen and oxygen atoms in total. The molecule has 0 heterocycles. The Morgan fingerprint density at radius 2 is 2.00 bits per heavy atom. The van der Waals surface area contributed by atoms with E-state index in [1.165, 1.54) is 0 Å². The molecule has 1 aliphatic carbocycles. The van der Waals surface area contributed by atoms with Crippen LogP contribution in [-0.4, -0.2) is 31.7 Å². The van der Waals surface area contributed by atoms with Gasteiger partial charge >= 0.3 is 0 Å². The van der Waals surface area contributed by atoms with E-state index in [0.717, 1.165) is 18.4 Å². The van der Waals surface area contributed by atoms with E-state index in [4.69, 9.17) is 9.47 Å². The quantitative estimate of drug-likeness (QED) is 0.508. The van der Waals surface area contributed by atoms with Gasteiger partial charge in [-0.05, 0) is 18.4 Å². The van der Waals surface area contributed by atoms with Crippen molar-refractivity contribution in [1.82, 2.24) is 0 Å². The summed E-state index contributed by atoms with van der Waals surface area (Å²) < 4.78 is 10.2. The molecule has 0 aromatic heterocycles. The van der Waals surface area contributed by atoms with Crippen molar-refractivity contribution in [2.45, 2.75) is 25.2 Å². The lowest BCUT2D eigenvalue weighted by Gasteiger charge is -2.21. The molecular formula is C9H16O3. The van der Waals surface area contributed by atoms with E-state index in [0.29, 0.717) is 0 Å². The first kappa shape index (κ1) is 9.71. The molecular weight excluding hydrogens is 156 g/mol. The van der Waals surface area contributed by atoms with Crippen molar-refractivity contribution < 1.29 is 14.6 Å². The summed E-state index contributed by atoms with van der Waals surface area (Å²) in [5.74, 6) is 0.148. The molecule has 3 heteroatoms. The van der Waals surface area contributed by atoms with Gasteiger partial charge in [-0.25, -0.2) is 0 Å². The zero-order chi connectivity index (χ0) is 9.14. The monoisotopic (exact) mass is 172 g/mol. The molecule has 1 fully saturated rings. The van der Waals surface area contributed by atoms with Gasteiger partial charge in [0.25, 0.3) is 0 Å². The minimum atomic E-state index is -0.372. The SMILES string of the molecule is C=C1C(O)CCC1C(OC)OC. The normalized spacial score (nSPS) is 30.2. The maximum atomic E-state index is 9.40. The van der Waals surface area contributed by atoms with Gasteiger partial charge in [0.1, 0.15) is 0 Å². The summed E-state index contributed by atoms with van der Waals surface area (Å²) in [5, 5.41) is 9.40. The Morgan fingerprint density at radius 3 is 2.33 bits per heavy atom. The maximum Gasteiger partial charge on any atom is 0.163 e. The first-order valence-corrected chi connectivity index (χ1v) is 4.13. The second-order valence-corrected chi connectivity index (χ2v) is 3.11. The van der Waals surface area contributed by atoms with Gasteiger partial charge in [-0.1, -0.05) is 6.58 Å². The Kier molecular flexibility index (Phi) is 3.26. The van der Waals surface area contributed by atoms with Gasteiger partial charge in [0, 0.05) is 20.1 Å². The number of rotatable bonds is 3. The number of hydrogen-bond donors (Lipinski definition) is 1. The molecule has 0 radical (unpaired) electrons. The van der Waals surface area contributed by atoms with Gasteiger partial charge in [-0.15, -0.1) is 0 Å². The van der Waals surface area contributed by atoms with Crippen molar-refractivity contribution in [3.8, 4) is 0 Å². The summed E-state index contributed by atoms with van der Waals surface area (Å²) in [6.45, 7) is 3.82. The van der Waals surface area contributed by atoms with E-state index in [1.54, 1.807) is 14.2 Å². The van der Waals surface area contributed by atoms with E-state index >= 15 is 0 Å². The number of aliphatic hydroxyl groups is 1. The Morgan fingerprint density at radius 1 is 1.42 bits per heavy atom. The van der Waals surface area contributed by atoms with Crippen molar-refractivity contribution in [1.29, 1.82) is 0 Å². The van der Waals surface area contributed by atoms with Crippen LogP contribution in [0.1, 0.15) is 12.8 Å². The van der Waals surface area contributed by atoms with Crippen LogP contribution in [0, 0.1) is 5.92 Å². The second-order valence-electron chi connectivity index (χ2n) is 3.11. The molecule has 2 unspecified atom stereocenters. The molecule has 0 spiro atoms. The highest BCUT2D eigenvalue weighted by Gasteiger charge is 2.33. The molecule has 0 bridgehead atoms. The predicted octanol–water partition coefficient (Wildman–Crippen LogP) is 0.932. The number of ether oxygens (including phenoxy) is 2. The Labute approximate surface area is 73.0 Å². The smallest absolute Gasteiger partial charge is 0.163 e. The zero-order valence-corrected chi connectivity index (χ0v) is 7.62. The minimum absolute atomic E-state index is 0.148. The molecule has 0 aliphatic heterocycles. The lowest BCUT2D eigenvalue weighted by molar-refractivity contribution is -0.127. The Bertz CT molecular complexity index is 163. The highest BCUT2D eigenvalue weighted by atomic mass is 16.7. The molecule has 1 N–H and O–H groups in total. The van der Waals surface area contributed by atoms with Crippen LogP contribution in [0.4, 0.5) is 0 Å². The van der Waals surface area contributed by atoms with Crippen molar-refractivity contribution in [3.63, 3.8) is 0 Å². The summed E-state index contributed by atoms with van der Waals surface area (Å²) in [6, 6.07) is 0. The lowest BCUT2D eigenvalue weighted by atomic mass is 10.0. The summed E-state index contributed by atoms with van der Waals surface area (Å²) in [4.78, 5) is 0. The molecule has 0 saturated heterocycles. The fourth-order valence-corrected chi connectivity index (χ4v) is 1.69. The molecule has 0 amide bonds. The number of hydrogen-bond acceptors (Lipinski definition) is 3. The van der Waals surface area contributed by atoms with Gasteiger partial charge in [0.05, 0.1) is 6.10 Å². The minimum Gasteiger partial charge on any atom is -0.389 e. The summed E-state index contributed by atoms with van der Waals surface area (Å²) in [7, 11) is 3.21. The fraction of sp³-hybridized carbons (Fsp3) is 0.778. The third-order valence-electron chi connectivity index (χ3n) is 2.45. The topological polar surface area (TPSA) is 38.7 Å². The second kappa shape index (κ2) is 4.03. The summed E-state index contributed by atoms with van der Waals surface area (Å²) in [6.07, 6.45) is 1.04. The van der Waals surface area contributed by atoms with Gasteiger partial charge in [-0.2, -0.15) is 0 Å². The van der Waals surface area contributed by atoms with Crippen LogP contribution in [0.3, 0.4) is 0 Å². The fourth-order valence-electron chi connectivity index (χ4n) is 1.69. The number of aliphatic hydroxyl groups excluding tert-OH is 1. The van der Waals surface area contributed by atoms with E-state index in [1.807, 2.05) is 0 Å². The Hall–Kier alpha value is -0.380. The van der Waals surface area contributed by atoms with Gasteiger partial charge in [0.2, 0.25) is 0 Å². The molecule has 0 aromatic carbocycles. The molecule has 0 aromatic rings. The first-order chi connectivity index (χ1) is 5.70. The summed E-state index contributed by atoms with van der Waals surface area (Å²) >= 11 is 0. The van der Waals surface area contributed by atoms with Gasteiger partial charge < -0.3 is 14.6 Å². The van der Waals surface area contributed by atoms with Crippen molar-refractivity contribution in [3.05, 3.63) is 12.2 Å². The van der Waals surface area contributed by atoms with Crippen molar-refractivity contribution in [2.24, 2.45) is 5.92 Å². The number of methoxy groups -OCH3 is 2. The first-order valence-electron chi connectivity index (χ1n) is 4.13. The van der Waals surface area contributed by atoms with Gasteiger partial charge in [0.15, 0.2) is 6.29 Å². The van der Waals surface area contributed by atoms with Crippen LogP contribution in [0.2, 0.25) is 0 Å². The average molecular weight is 172 g/mol. The van der Waals surface area contributed by atoms with E-state index in [9.17, 15) is 5.11 Å². The van der Waals surface area contributed by atoms with Gasteiger partial charge in [-0.3, -0.25) is 0 Å². The Balaban J connectivity index is 2.57. The molecule has 2 atom stereocenters. The van der Waals surface area contributed by atoms with E-state index in [2.05, 4.69) is 6.58 Å². The highest BCUT2D eigenvalue weighted by molar-refractivity contribution is 5.13.